The number of nitrogens with zero attached hydrogens (tertiary/aromatic N) is 1. The molecule has 3 atom stereocenters. The molecular weight excluding hydrogens is 220 g/mol. The molecule has 3 N–H and O–H groups in total. The van der Waals surface area contributed by atoms with Crippen LogP contribution < -0.4 is 5.73 Å². The van der Waals surface area contributed by atoms with Crippen molar-refractivity contribution >= 4 is 0 Å². The van der Waals surface area contributed by atoms with Gasteiger partial charge in [0.25, 0.3) is 0 Å². The summed E-state index contributed by atoms with van der Waals surface area (Å²) in [5.74, 6) is 0.553. The Balaban J connectivity index is 2.38. The van der Waals surface area contributed by atoms with Gasteiger partial charge in [0, 0.05) is 32.3 Å². The first-order chi connectivity index (χ1) is 8.19. The van der Waals surface area contributed by atoms with Crippen molar-refractivity contribution in [1.82, 2.24) is 4.90 Å². The predicted octanol–water partition coefficient (Wildman–Crippen LogP) is -0.321. The maximum absolute atomic E-state index is 9.41. The Morgan fingerprint density at radius 3 is 2.88 bits per heavy atom. The Morgan fingerprint density at radius 1 is 1.59 bits per heavy atom. The first-order valence-corrected chi connectivity index (χ1v) is 6.32. The molecule has 1 heterocycles. The van der Waals surface area contributed by atoms with E-state index in [9.17, 15) is 5.11 Å². The molecule has 0 aromatic carbocycles. The second-order valence-corrected chi connectivity index (χ2v) is 4.89. The highest BCUT2D eigenvalue weighted by molar-refractivity contribution is 4.81. The number of hydrogen-bond donors (Lipinski definition) is 2. The summed E-state index contributed by atoms with van der Waals surface area (Å²) >= 11 is 0. The molecule has 0 radical (unpaired) electrons. The van der Waals surface area contributed by atoms with Crippen molar-refractivity contribution in [2.24, 2.45) is 11.7 Å². The SMILES string of the molecule is COCC(N)C(CO)N(C)CC1CCCOC1. The molecule has 1 rings (SSSR count). The number of nitrogens with two attached hydrogens (primary N) is 1. The monoisotopic (exact) mass is 246 g/mol. The average Bonchev–Trinajstić information content (AvgIpc) is 2.31. The molecule has 0 aromatic heterocycles. The van der Waals surface area contributed by atoms with Crippen LogP contribution in [-0.4, -0.2) is 69.2 Å². The van der Waals surface area contributed by atoms with E-state index in [4.69, 9.17) is 15.2 Å². The molecule has 1 aliphatic rings. The van der Waals surface area contributed by atoms with Gasteiger partial charge in [0.15, 0.2) is 0 Å². The molecule has 0 saturated carbocycles. The van der Waals surface area contributed by atoms with Gasteiger partial charge in [-0.25, -0.2) is 0 Å². The number of rotatable bonds is 7. The van der Waals surface area contributed by atoms with E-state index < -0.39 is 0 Å². The van der Waals surface area contributed by atoms with Gasteiger partial charge < -0.3 is 20.3 Å². The van der Waals surface area contributed by atoms with Crippen molar-refractivity contribution in [2.75, 3.05) is 47.1 Å². The summed E-state index contributed by atoms with van der Waals surface area (Å²) in [6.07, 6.45) is 2.33. The minimum Gasteiger partial charge on any atom is -0.395 e. The van der Waals surface area contributed by atoms with E-state index in [1.807, 2.05) is 7.05 Å². The van der Waals surface area contributed by atoms with Gasteiger partial charge in [0.2, 0.25) is 0 Å². The van der Waals surface area contributed by atoms with Crippen LogP contribution in [0.5, 0.6) is 0 Å². The first-order valence-electron chi connectivity index (χ1n) is 6.32. The molecule has 102 valence electrons. The van der Waals surface area contributed by atoms with Crippen LogP contribution in [-0.2, 0) is 9.47 Å². The maximum Gasteiger partial charge on any atom is 0.0629 e. The van der Waals surface area contributed by atoms with Gasteiger partial charge in [-0.2, -0.15) is 0 Å². The zero-order valence-electron chi connectivity index (χ0n) is 11.0. The lowest BCUT2D eigenvalue weighted by atomic mass is 10.00. The number of hydrogen-bond acceptors (Lipinski definition) is 5. The van der Waals surface area contributed by atoms with E-state index in [1.165, 1.54) is 6.42 Å². The third-order valence-corrected chi connectivity index (χ3v) is 3.41. The van der Waals surface area contributed by atoms with E-state index in [2.05, 4.69) is 4.90 Å². The van der Waals surface area contributed by atoms with Gasteiger partial charge in [-0.05, 0) is 25.8 Å². The summed E-state index contributed by atoms with van der Waals surface area (Å²) in [6.45, 7) is 3.16. The Bertz CT molecular complexity index is 198. The van der Waals surface area contributed by atoms with Crippen LogP contribution in [0.1, 0.15) is 12.8 Å². The van der Waals surface area contributed by atoms with Crippen LogP contribution in [0.25, 0.3) is 0 Å². The fraction of sp³-hybridized carbons (Fsp3) is 1.00. The van der Waals surface area contributed by atoms with Gasteiger partial charge in [-0.3, -0.25) is 4.90 Å². The Morgan fingerprint density at radius 2 is 2.35 bits per heavy atom. The van der Waals surface area contributed by atoms with Crippen molar-refractivity contribution in [3.05, 3.63) is 0 Å². The van der Waals surface area contributed by atoms with Crippen molar-refractivity contribution in [3.8, 4) is 0 Å². The van der Waals surface area contributed by atoms with Crippen molar-refractivity contribution in [1.29, 1.82) is 0 Å². The Hall–Kier alpha value is -0.200. The van der Waals surface area contributed by atoms with E-state index in [-0.39, 0.29) is 18.7 Å². The molecule has 5 nitrogen and oxygen atoms in total. The van der Waals surface area contributed by atoms with E-state index in [1.54, 1.807) is 7.11 Å². The lowest BCUT2D eigenvalue weighted by Crippen LogP contribution is -2.52. The standard InChI is InChI=1S/C12H26N2O3/c1-14(6-10-4-3-5-17-8-10)12(7-15)11(13)9-16-2/h10-12,15H,3-9,13H2,1-2H3. The number of aliphatic hydroxyl groups excluding tert-OH is 1. The van der Waals surface area contributed by atoms with Gasteiger partial charge in [-0.1, -0.05) is 0 Å². The van der Waals surface area contributed by atoms with E-state index in [0.717, 1.165) is 26.2 Å². The third-order valence-electron chi connectivity index (χ3n) is 3.41. The largest absolute Gasteiger partial charge is 0.395 e. The zero-order chi connectivity index (χ0) is 12.7. The van der Waals surface area contributed by atoms with Crippen LogP contribution in [0, 0.1) is 5.92 Å². The van der Waals surface area contributed by atoms with Gasteiger partial charge in [0.1, 0.15) is 0 Å². The summed E-state index contributed by atoms with van der Waals surface area (Å²) in [5, 5.41) is 9.41. The molecule has 3 unspecified atom stereocenters. The molecular formula is C12H26N2O3. The van der Waals surface area contributed by atoms with Crippen LogP contribution in [0.4, 0.5) is 0 Å². The third kappa shape index (κ3) is 4.89. The van der Waals surface area contributed by atoms with Crippen molar-refractivity contribution < 1.29 is 14.6 Å². The lowest BCUT2D eigenvalue weighted by molar-refractivity contribution is 0.0219. The minimum atomic E-state index is -0.153. The number of methoxy groups -OCH3 is 1. The van der Waals surface area contributed by atoms with Gasteiger partial charge >= 0.3 is 0 Å². The summed E-state index contributed by atoms with van der Waals surface area (Å²) in [7, 11) is 3.63. The molecule has 0 amide bonds. The normalized spacial score (nSPS) is 24.9. The molecule has 0 aromatic rings. The molecule has 1 aliphatic heterocycles. The molecule has 0 spiro atoms. The highest BCUT2D eigenvalue weighted by Crippen LogP contribution is 2.16. The number of aliphatic hydroxyl groups is 1. The first kappa shape index (κ1) is 14.9. The van der Waals surface area contributed by atoms with E-state index in [0.29, 0.717) is 12.5 Å². The zero-order valence-corrected chi connectivity index (χ0v) is 11.0. The molecule has 1 saturated heterocycles. The fourth-order valence-electron chi connectivity index (χ4n) is 2.40. The molecule has 0 aliphatic carbocycles. The molecule has 5 heteroatoms. The van der Waals surface area contributed by atoms with Gasteiger partial charge in [0.05, 0.1) is 19.8 Å². The topological polar surface area (TPSA) is 68.0 Å². The quantitative estimate of drug-likeness (QED) is 0.644. The van der Waals surface area contributed by atoms with Crippen LogP contribution in [0.2, 0.25) is 0 Å². The predicted molar refractivity (Wildman–Crippen MR) is 66.9 cm³/mol. The highest BCUT2D eigenvalue weighted by atomic mass is 16.5. The average molecular weight is 246 g/mol. The van der Waals surface area contributed by atoms with Crippen molar-refractivity contribution in [3.63, 3.8) is 0 Å². The lowest BCUT2D eigenvalue weighted by Gasteiger charge is -2.34. The molecule has 1 fully saturated rings. The van der Waals surface area contributed by atoms with Crippen LogP contribution in [0.3, 0.4) is 0 Å². The van der Waals surface area contributed by atoms with Crippen LogP contribution >= 0.6 is 0 Å². The second-order valence-electron chi connectivity index (χ2n) is 4.89. The Labute approximate surface area is 104 Å². The highest BCUT2D eigenvalue weighted by Gasteiger charge is 2.24. The van der Waals surface area contributed by atoms with Crippen LogP contribution in [0.15, 0.2) is 0 Å². The fourth-order valence-corrected chi connectivity index (χ4v) is 2.40. The summed E-state index contributed by atoms with van der Waals surface area (Å²) in [6, 6.07) is -0.198. The Kier molecular flexibility index (Phi) is 6.99. The smallest absolute Gasteiger partial charge is 0.0629 e. The maximum atomic E-state index is 9.41. The summed E-state index contributed by atoms with van der Waals surface area (Å²) < 4.78 is 10.5. The summed E-state index contributed by atoms with van der Waals surface area (Å²) in [5.41, 5.74) is 5.99. The number of likely N-dealkylation sites (N-methyl/N-ethyl adjacent to an activating group) is 1. The van der Waals surface area contributed by atoms with Crippen molar-refractivity contribution in [2.45, 2.75) is 24.9 Å². The van der Waals surface area contributed by atoms with Gasteiger partial charge in [-0.15, -0.1) is 0 Å². The molecule has 17 heavy (non-hydrogen) atoms. The van der Waals surface area contributed by atoms with E-state index >= 15 is 0 Å². The summed E-state index contributed by atoms with van der Waals surface area (Å²) in [4.78, 5) is 2.13. The second kappa shape index (κ2) is 8.00. The number of ether oxygens (including phenoxy) is 2. The minimum absolute atomic E-state index is 0.0446. The molecule has 0 bridgehead atoms.